The van der Waals surface area contributed by atoms with E-state index in [1.54, 1.807) is 0 Å². The van der Waals surface area contributed by atoms with Gasteiger partial charge in [-0.2, -0.15) is 0 Å². The van der Waals surface area contributed by atoms with Crippen LogP contribution in [0.5, 0.6) is 0 Å². The van der Waals surface area contributed by atoms with Crippen molar-refractivity contribution in [2.75, 3.05) is 26.2 Å². The van der Waals surface area contributed by atoms with Crippen LogP contribution < -0.4 is 11.5 Å². The zero-order chi connectivity index (χ0) is 8.10. The van der Waals surface area contributed by atoms with E-state index >= 15 is 0 Å². The second kappa shape index (κ2) is 4.70. The topological polar surface area (TPSA) is 55.3 Å². The highest BCUT2D eigenvalue weighted by Gasteiger charge is 2.12. The molecule has 0 bridgehead atoms. The Labute approximate surface area is 68.7 Å². The van der Waals surface area contributed by atoms with E-state index in [0.717, 1.165) is 26.1 Å². The molecule has 1 atom stereocenters. The first-order valence-electron chi connectivity index (χ1n) is 4.51. The molecular weight excluding hydrogens is 138 g/mol. The molecule has 11 heavy (non-hydrogen) atoms. The average molecular weight is 157 g/mol. The molecule has 1 unspecified atom stereocenters. The van der Waals surface area contributed by atoms with E-state index in [0.29, 0.717) is 6.04 Å². The monoisotopic (exact) mass is 157 g/mol. The maximum atomic E-state index is 5.84. The first-order valence-corrected chi connectivity index (χ1v) is 4.51. The summed E-state index contributed by atoms with van der Waals surface area (Å²) in [4.78, 5) is 2.41. The summed E-state index contributed by atoms with van der Waals surface area (Å²) in [7, 11) is 0. The highest BCUT2D eigenvalue weighted by Crippen LogP contribution is 2.07. The van der Waals surface area contributed by atoms with Gasteiger partial charge in [0, 0.05) is 19.1 Å². The Morgan fingerprint density at radius 1 is 1.27 bits per heavy atom. The smallest absolute Gasteiger partial charge is 0.0105 e. The van der Waals surface area contributed by atoms with Crippen molar-refractivity contribution in [3.05, 3.63) is 0 Å². The van der Waals surface area contributed by atoms with Crippen molar-refractivity contribution in [2.24, 2.45) is 11.5 Å². The molecule has 0 radical (unpaired) electrons. The molecule has 3 nitrogen and oxygen atoms in total. The molecule has 1 aliphatic heterocycles. The third kappa shape index (κ3) is 3.18. The predicted molar refractivity (Wildman–Crippen MR) is 47.3 cm³/mol. The first kappa shape index (κ1) is 8.97. The van der Waals surface area contributed by atoms with Crippen molar-refractivity contribution in [3.8, 4) is 0 Å². The highest BCUT2D eigenvalue weighted by atomic mass is 15.1. The minimum Gasteiger partial charge on any atom is -0.329 e. The fourth-order valence-electron chi connectivity index (χ4n) is 1.59. The average Bonchev–Trinajstić information content (AvgIpc) is 2.17. The Bertz CT molecular complexity index is 106. The standard InChI is InChI=1S/C8H19N3/c9-4-7-11-5-1-2-8(10)3-6-11/h8H,1-7,9-10H2. The third-order valence-electron chi connectivity index (χ3n) is 2.31. The maximum absolute atomic E-state index is 5.84. The van der Waals surface area contributed by atoms with Crippen LogP contribution in [0.4, 0.5) is 0 Å². The summed E-state index contributed by atoms with van der Waals surface area (Å²) in [6, 6.07) is 0.428. The van der Waals surface area contributed by atoms with Gasteiger partial charge in [0.05, 0.1) is 0 Å². The van der Waals surface area contributed by atoms with Crippen molar-refractivity contribution < 1.29 is 0 Å². The van der Waals surface area contributed by atoms with Gasteiger partial charge in [-0.05, 0) is 32.4 Å². The normalized spacial score (nSPS) is 28.4. The van der Waals surface area contributed by atoms with Gasteiger partial charge in [-0.3, -0.25) is 0 Å². The zero-order valence-corrected chi connectivity index (χ0v) is 7.13. The summed E-state index contributed by atoms with van der Waals surface area (Å²) in [5.41, 5.74) is 11.3. The van der Waals surface area contributed by atoms with Crippen LogP contribution in [0.3, 0.4) is 0 Å². The lowest BCUT2D eigenvalue weighted by atomic mass is 10.1. The van der Waals surface area contributed by atoms with Crippen molar-refractivity contribution >= 4 is 0 Å². The summed E-state index contributed by atoms with van der Waals surface area (Å²) in [6.45, 7) is 4.13. The Morgan fingerprint density at radius 3 is 2.82 bits per heavy atom. The molecule has 0 aromatic carbocycles. The van der Waals surface area contributed by atoms with Gasteiger partial charge in [-0.25, -0.2) is 0 Å². The maximum Gasteiger partial charge on any atom is 0.0105 e. The Morgan fingerprint density at radius 2 is 2.09 bits per heavy atom. The van der Waals surface area contributed by atoms with Gasteiger partial charge in [0.15, 0.2) is 0 Å². The number of likely N-dealkylation sites (tertiary alicyclic amines) is 1. The number of rotatable bonds is 2. The molecule has 0 saturated carbocycles. The zero-order valence-electron chi connectivity index (χ0n) is 7.13. The largest absolute Gasteiger partial charge is 0.329 e. The molecule has 66 valence electrons. The second-order valence-electron chi connectivity index (χ2n) is 3.32. The van der Waals surface area contributed by atoms with Crippen molar-refractivity contribution in [1.82, 2.24) is 4.90 Å². The Hall–Kier alpha value is -0.120. The lowest BCUT2D eigenvalue weighted by Crippen LogP contribution is -2.31. The molecule has 3 heteroatoms. The molecular formula is C8H19N3. The summed E-state index contributed by atoms with van der Waals surface area (Å²) < 4.78 is 0. The van der Waals surface area contributed by atoms with Gasteiger partial charge in [0.1, 0.15) is 0 Å². The van der Waals surface area contributed by atoms with Crippen LogP contribution in [0.25, 0.3) is 0 Å². The van der Waals surface area contributed by atoms with Crippen molar-refractivity contribution in [1.29, 1.82) is 0 Å². The molecule has 1 rings (SSSR count). The number of nitrogens with two attached hydrogens (primary N) is 2. The summed E-state index contributed by atoms with van der Waals surface area (Å²) in [6.07, 6.45) is 3.56. The van der Waals surface area contributed by atoms with E-state index in [2.05, 4.69) is 4.90 Å². The van der Waals surface area contributed by atoms with Gasteiger partial charge in [-0.15, -0.1) is 0 Å². The predicted octanol–water partition coefficient (Wildman–Crippen LogP) is -0.242. The summed E-state index contributed by atoms with van der Waals surface area (Å²) >= 11 is 0. The molecule has 4 N–H and O–H groups in total. The van der Waals surface area contributed by atoms with E-state index < -0.39 is 0 Å². The van der Waals surface area contributed by atoms with Gasteiger partial charge in [-0.1, -0.05) is 0 Å². The molecule has 0 spiro atoms. The third-order valence-corrected chi connectivity index (χ3v) is 2.31. The molecule has 1 aliphatic rings. The molecule has 1 saturated heterocycles. The molecule has 1 heterocycles. The van der Waals surface area contributed by atoms with Crippen LogP contribution in [0.1, 0.15) is 19.3 Å². The number of hydrogen-bond acceptors (Lipinski definition) is 3. The van der Waals surface area contributed by atoms with Crippen molar-refractivity contribution in [2.45, 2.75) is 25.3 Å². The molecule has 0 aromatic heterocycles. The van der Waals surface area contributed by atoms with E-state index in [-0.39, 0.29) is 0 Å². The minimum atomic E-state index is 0.428. The van der Waals surface area contributed by atoms with E-state index in [4.69, 9.17) is 11.5 Å². The number of hydrogen-bond donors (Lipinski definition) is 2. The van der Waals surface area contributed by atoms with Gasteiger partial charge < -0.3 is 16.4 Å². The van der Waals surface area contributed by atoms with Crippen LogP contribution in [0.15, 0.2) is 0 Å². The molecule has 1 fully saturated rings. The van der Waals surface area contributed by atoms with Crippen LogP contribution in [-0.2, 0) is 0 Å². The van der Waals surface area contributed by atoms with E-state index in [1.165, 1.54) is 19.4 Å². The van der Waals surface area contributed by atoms with E-state index in [9.17, 15) is 0 Å². The van der Waals surface area contributed by atoms with Crippen LogP contribution in [-0.4, -0.2) is 37.1 Å². The fraction of sp³-hybridized carbons (Fsp3) is 1.00. The highest BCUT2D eigenvalue weighted by molar-refractivity contribution is 4.71. The second-order valence-corrected chi connectivity index (χ2v) is 3.32. The lowest BCUT2D eigenvalue weighted by molar-refractivity contribution is 0.292. The van der Waals surface area contributed by atoms with Crippen molar-refractivity contribution in [3.63, 3.8) is 0 Å². The summed E-state index contributed by atoms with van der Waals surface area (Å²) in [5.74, 6) is 0. The van der Waals surface area contributed by atoms with E-state index in [1.807, 2.05) is 0 Å². The van der Waals surface area contributed by atoms with Crippen LogP contribution in [0, 0.1) is 0 Å². The molecule has 0 aliphatic carbocycles. The SMILES string of the molecule is NCCN1CCCC(N)CC1. The Kier molecular flexibility index (Phi) is 3.83. The number of nitrogens with zero attached hydrogens (tertiary/aromatic N) is 1. The minimum absolute atomic E-state index is 0.428. The summed E-state index contributed by atoms with van der Waals surface area (Å²) in [5, 5.41) is 0. The Balaban J connectivity index is 2.22. The van der Waals surface area contributed by atoms with Gasteiger partial charge in [0.2, 0.25) is 0 Å². The quantitative estimate of drug-likeness (QED) is 0.581. The fourth-order valence-corrected chi connectivity index (χ4v) is 1.59. The van der Waals surface area contributed by atoms with Crippen LogP contribution in [0.2, 0.25) is 0 Å². The van der Waals surface area contributed by atoms with Crippen LogP contribution >= 0.6 is 0 Å². The molecule has 0 aromatic rings. The molecule has 0 amide bonds. The first-order chi connectivity index (χ1) is 5.33. The lowest BCUT2D eigenvalue weighted by Gasteiger charge is -2.18. The van der Waals surface area contributed by atoms with Gasteiger partial charge >= 0.3 is 0 Å². The van der Waals surface area contributed by atoms with Gasteiger partial charge in [0.25, 0.3) is 0 Å².